The smallest absolute Gasteiger partial charge is 0.307 e. The molecule has 0 aliphatic rings. The third-order valence-corrected chi connectivity index (χ3v) is 3.13. The molecule has 110 valence electrons. The van der Waals surface area contributed by atoms with Crippen molar-refractivity contribution in [2.45, 2.75) is 26.7 Å². The van der Waals surface area contributed by atoms with Gasteiger partial charge in [0.15, 0.2) is 0 Å². The van der Waals surface area contributed by atoms with Gasteiger partial charge < -0.3 is 9.64 Å². The monoisotopic (exact) mass is 277 g/mol. The van der Waals surface area contributed by atoms with Crippen molar-refractivity contribution >= 4 is 11.9 Å². The number of carbonyl (C=O) groups excluding carboxylic acids is 2. The van der Waals surface area contributed by atoms with E-state index in [1.165, 1.54) is 12.7 Å². The van der Waals surface area contributed by atoms with Crippen molar-refractivity contribution in [3.05, 3.63) is 35.9 Å². The van der Waals surface area contributed by atoms with Crippen LogP contribution in [-0.4, -0.2) is 37.0 Å². The second-order valence-corrected chi connectivity index (χ2v) is 5.04. The van der Waals surface area contributed by atoms with Crippen molar-refractivity contribution in [1.82, 2.24) is 4.90 Å². The molecule has 1 amide bonds. The van der Waals surface area contributed by atoms with Gasteiger partial charge in [0, 0.05) is 19.0 Å². The van der Waals surface area contributed by atoms with Gasteiger partial charge in [-0.25, -0.2) is 0 Å². The van der Waals surface area contributed by atoms with Crippen LogP contribution >= 0.6 is 0 Å². The van der Waals surface area contributed by atoms with Crippen molar-refractivity contribution in [1.29, 1.82) is 0 Å². The highest BCUT2D eigenvalue weighted by Crippen LogP contribution is 2.07. The van der Waals surface area contributed by atoms with Crippen molar-refractivity contribution in [3.8, 4) is 0 Å². The second kappa shape index (κ2) is 8.35. The quantitative estimate of drug-likeness (QED) is 0.718. The van der Waals surface area contributed by atoms with E-state index in [2.05, 4.69) is 4.74 Å². The summed E-state index contributed by atoms with van der Waals surface area (Å²) < 4.78 is 4.63. The van der Waals surface area contributed by atoms with Crippen molar-refractivity contribution in [3.63, 3.8) is 0 Å². The van der Waals surface area contributed by atoms with Crippen LogP contribution in [0.1, 0.15) is 25.8 Å². The van der Waals surface area contributed by atoms with E-state index in [0.717, 1.165) is 6.42 Å². The zero-order chi connectivity index (χ0) is 15.0. The molecule has 0 spiro atoms. The van der Waals surface area contributed by atoms with Gasteiger partial charge in [-0.15, -0.1) is 0 Å². The average molecular weight is 277 g/mol. The zero-order valence-corrected chi connectivity index (χ0v) is 12.5. The minimum atomic E-state index is -0.286. The number of hydrogen-bond donors (Lipinski definition) is 0. The van der Waals surface area contributed by atoms with Crippen LogP contribution in [0.5, 0.6) is 0 Å². The fraction of sp³-hybridized carbons (Fsp3) is 0.500. The van der Waals surface area contributed by atoms with E-state index in [0.29, 0.717) is 13.1 Å². The molecule has 0 aromatic heterocycles. The highest BCUT2D eigenvalue weighted by Gasteiger charge is 2.17. The van der Waals surface area contributed by atoms with Crippen molar-refractivity contribution in [2.75, 3.05) is 20.2 Å². The average Bonchev–Trinajstić information content (AvgIpc) is 2.47. The maximum absolute atomic E-state index is 12.1. The van der Waals surface area contributed by atoms with Crippen molar-refractivity contribution < 1.29 is 14.3 Å². The molecule has 1 rings (SSSR count). The molecule has 4 nitrogen and oxygen atoms in total. The lowest BCUT2D eigenvalue weighted by Gasteiger charge is -2.24. The van der Waals surface area contributed by atoms with Crippen molar-refractivity contribution in [2.24, 2.45) is 5.92 Å². The van der Waals surface area contributed by atoms with Crippen LogP contribution in [0.2, 0.25) is 0 Å². The lowest BCUT2D eigenvalue weighted by atomic mass is 10.1. The van der Waals surface area contributed by atoms with E-state index in [1.807, 2.05) is 44.2 Å². The summed E-state index contributed by atoms with van der Waals surface area (Å²) in [7, 11) is 1.36. The molecule has 0 aliphatic heterocycles. The lowest BCUT2D eigenvalue weighted by molar-refractivity contribution is -0.142. The third-order valence-electron chi connectivity index (χ3n) is 3.13. The maximum atomic E-state index is 12.1. The van der Waals surface area contributed by atoms with E-state index < -0.39 is 0 Å². The summed E-state index contributed by atoms with van der Waals surface area (Å²) in [5.74, 6) is -0.278. The molecule has 0 bridgehead atoms. The molecule has 1 aromatic rings. The first kappa shape index (κ1) is 16.2. The summed E-state index contributed by atoms with van der Waals surface area (Å²) in [6, 6.07) is 10.0. The summed E-state index contributed by atoms with van der Waals surface area (Å²) in [6.07, 6.45) is 1.03. The number of amides is 1. The van der Waals surface area contributed by atoms with Crippen LogP contribution in [0.25, 0.3) is 0 Å². The van der Waals surface area contributed by atoms with Gasteiger partial charge in [0.1, 0.15) is 0 Å². The number of ether oxygens (including phenoxy) is 1. The molecule has 0 radical (unpaired) electrons. The molecule has 0 aliphatic carbocycles. The topological polar surface area (TPSA) is 46.6 Å². The van der Waals surface area contributed by atoms with Gasteiger partial charge in [0.25, 0.3) is 0 Å². The van der Waals surface area contributed by atoms with Crippen LogP contribution in [-0.2, 0) is 20.7 Å². The Hall–Kier alpha value is -1.84. The largest absolute Gasteiger partial charge is 0.469 e. The molecule has 0 heterocycles. The highest BCUT2D eigenvalue weighted by atomic mass is 16.5. The molecule has 20 heavy (non-hydrogen) atoms. The Labute approximate surface area is 120 Å². The molecule has 0 saturated heterocycles. The normalized spacial score (nSPS) is 10.4. The number of methoxy groups -OCH3 is 1. The fourth-order valence-electron chi connectivity index (χ4n) is 1.93. The number of carbonyl (C=O) groups is 2. The Balaban J connectivity index is 2.58. The van der Waals surface area contributed by atoms with Gasteiger partial charge >= 0.3 is 5.97 Å². The Kier molecular flexibility index (Phi) is 6.77. The van der Waals surface area contributed by atoms with E-state index in [4.69, 9.17) is 0 Å². The first-order valence-corrected chi connectivity index (χ1v) is 6.94. The van der Waals surface area contributed by atoms with Gasteiger partial charge in [-0.1, -0.05) is 44.2 Å². The minimum Gasteiger partial charge on any atom is -0.469 e. The van der Waals surface area contributed by atoms with Gasteiger partial charge in [0.2, 0.25) is 5.91 Å². The third kappa shape index (κ3) is 5.43. The van der Waals surface area contributed by atoms with E-state index >= 15 is 0 Å². The standard InChI is InChI=1S/C16H23NO3/c1-13(2)16(19)17(12-10-15(18)20-3)11-9-14-7-5-4-6-8-14/h4-8,13H,9-12H2,1-3H3. The molecule has 0 N–H and O–H groups in total. The SMILES string of the molecule is COC(=O)CCN(CCc1ccccc1)C(=O)C(C)C. The van der Waals surface area contributed by atoms with E-state index in [9.17, 15) is 9.59 Å². The summed E-state index contributed by atoms with van der Waals surface area (Å²) in [5, 5.41) is 0. The minimum absolute atomic E-state index is 0.0663. The van der Waals surface area contributed by atoms with Crippen LogP contribution in [0.4, 0.5) is 0 Å². The van der Waals surface area contributed by atoms with Crippen LogP contribution in [0.3, 0.4) is 0 Å². The van der Waals surface area contributed by atoms with E-state index in [1.54, 1.807) is 4.90 Å². The zero-order valence-electron chi connectivity index (χ0n) is 12.5. The predicted octanol–water partition coefficient (Wildman–Crippen LogP) is 2.28. The molecule has 0 unspecified atom stereocenters. The number of esters is 1. The van der Waals surface area contributed by atoms with Gasteiger partial charge in [-0.05, 0) is 12.0 Å². The molecule has 0 saturated carbocycles. The molecule has 1 aromatic carbocycles. The number of nitrogens with zero attached hydrogens (tertiary/aromatic N) is 1. The molecular formula is C16H23NO3. The molecular weight excluding hydrogens is 254 g/mol. The van der Waals surface area contributed by atoms with E-state index in [-0.39, 0.29) is 24.2 Å². The summed E-state index contributed by atoms with van der Waals surface area (Å²) >= 11 is 0. The highest BCUT2D eigenvalue weighted by molar-refractivity contribution is 5.79. The van der Waals surface area contributed by atoms with Gasteiger partial charge in [-0.2, -0.15) is 0 Å². The summed E-state index contributed by atoms with van der Waals surface area (Å²) in [6.45, 7) is 4.78. The number of rotatable bonds is 7. The first-order chi connectivity index (χ1) is 9.54. The summed E-state index contributed by atoms with van der Waals surface area (Å²) in [5.41, 5.74) is 1.19. The second-order valence-electron chi connectivity index (χ2n) is 5.04. The Bertz CT molecular complexity index is 429. The number of hydrogen-bond acceptors (Lipinski definition) is 3. The van der Waals surface area contributed by atoms with Gasteiger partial charge in [0.05, 0.1) is 13.5 Å². The lowest BCUT2D eigenvalue weighted by Crippen LogP contribution is -2.37. The maximum Gasteiger partial charge on any atom is 0.307 e. The fourth-order valence-corrected chi connectivity index (χ4v) is 1.93. The first-order valence-electron chi connectivity index (χ1n) is 6.94. The van der Waals surface area contributed by atoms with Crippen LogP contribution < -0.4 is 0 Å². The Morgan fingerprint density at radius 3 is 2.35 bits per heavy atom. The summed E-state index contributed by atoms with van der Waals surface area (Å²) in [4.78, 5) is 25.1. The predicted molar refractivity (Wildman–Crippen MR) is 78.2 cm³/mol. The Morgan fingerprint density at radius 2 is 1.80 bits per heavy atom. The molecule has 0 atom stereocenters. The van der Waals surface area contributed by atoms with Crippen LogP contribution in [0, 0.1) is 5.92 Å². The Morgan fingerprint density at radius 1 is 1.15 bits per heavy atom. The number of benzene rings is 1. The molecule has 0 fully saturated rings. The van der Waals surface area contributed by atoms with Gasteiger partial charge in [-0.3, -0.25) is 9.59 Å². The molecule has 4 heteroatoms. The van der Waals surface area contributed by atoms with Crippen LogP contribution in [0.15, 0.2) is 30.3 Å².